The standard InChI is InChI=1S/C17H19BrN2O4S/c1-4-23-16(22)7-12-9-25-17(19-12)20-15(21)8-24-14-6-10(2)13(18)5-11(14)3/h5-6,9H,4,7-8H2,1-3H3,(H,19,20,21). The fourth-order valence-corrected chi connectivity index (χ4v) is 3.20. The second-order valence-corrected chi connectivity index (χ2v) is 7.04. The Bertz CT molecular complexity index is 776. The molecule has 0 bridgehead atoms. The van der Waals surface area contributed by atoms with E-state index in [0.717, 1.165) is 15.6 Å². The highest BCUT2D eigenvalue weighted by Crippen LogP contribution is 2.26. The van der Waals surface area contributed by atoms with E-state index in [1.807, 2.05) is 26.0 Å². The number of nitrogens with zero attached hydrogens (tertiary/aromatic N) is 1. The zero-order valence-corrected chi connectivity index (χ0v) is 16.6. The first-order valence-electron chi connectivity index (χ1n) is 7.68. The van der Waals surface area contributed by atoms with Crippen LogP contribution in [0.1, 0.15) is 23.7 Å². The van der Waals surface area contributed by atoms with Crippen molar-refractivity contribution in [2.45, 2.75) is 27.2 Å². The Labute approximate surface area is 158 Å². The van der Waals surface area contributed by atoms with Gasteiger partial charge in [-0.1, -0.05) is 15.9 Å². The molecule has 0 aliphatic carbocycles. The van der Waals surface area contributed by atoms with Gasteiger partial charge in [0.25, 0.3) is 5.91 Å². The minimum atomic E-state index is -0.338. The number of carbonyl (C=O) groups excluding carboxylic acids is 2. The van der Waals surface area contributed by atoms with Gasteiger partial charge >= 0.3 is 5.97 Å². The first-order valence-corrected chi connectivity index (χ1v) is 9.35. The number of hydrogen-bond acceptors (Lipinski definition) is 6. The maximum atomic E-state index is 12.0. The van der Waals surface area contributed by atoms with Crippen molar-refractivity contribution in [3.8, 4) is 5.75 Å². The van der Waals surface area contributed by atoms with Gasteiger partial charge in [-0.05, 0) is 44.0 Å². The Balaban J connectivity index is 1.87. The van der Waals surface area contributed by atoms with Crippen molar-refractivity contribution in [3.63, 3.8) is 0 Å². The second kappa shape index (κ2) is 8.96. The highest BCUT2D eigenvalue weighted by molar-refractivity contribution is 9.10. The molecule has 0 fully saturated rings. The highest BCUT2D eigenvalue weighted by Gasteiger charge is 2.12. The van der Waals surface area contributed by atoms with Gasteiger partial charge in [0.2, 0.25) is 0 Å². The largest absolute Gasteiger partial charge is 0.483 e. The minimum Gasteiger partial charge on any atom is -0.483 e. The van der Waals surface area contributed by atoms with Gasteiger partial charge in [-0.15, -0.1) is 11.3 Å². The van der Waals surface area contributed by atoms with E-state index in [2.05, 4.69) is 26.2 Å². The Morgan fingerprint density at radius 2 is 2.04 bits per heavy atom. The normalized spacial score (nSPS) is 10.4. The average Bonchev–Trinajstić information content (AvgIpc) is 2.96. The number of rotatable bonds is 7. The molecule has 8 heteroatoms. The smallest absolute Gasteiger partial charge is 0.311 e. The summed E-state index contributed by atoms with van der Waals surface area (Å²) >= 11 is 4.71. The molecule has 0 saturated carbocycles. The molecule has 1 N–H and O–H groups in total. The van der Waals surface area contributed by atoms with Crippen LogP contribution in [0.3, 0.4) is 0 Å². The molecule has 2 aromatic rings. The highest BCUT2D eigenvalue weighted by atomic mass is 79.9. The van der Waals surface area contributed by atoms with Gasteiger partial charge in [0.05, 0.1) is 18.7 Å². The summed E-state index contributed by atoms with van der Waals surface area (Å²) in [6.07, 6.45) is 0.0913. The van der Waals surface area contributed by atoms with Crippen molar-refractivity contribution in [3.05, 3.63) is 38.8 Å². The number of aromatic nitrogens is 1. The number of amides is 1. The quantitative estimate of drug-likeness (QED) is 0.683. The SMILES string of the molecule is CCOC(=O)Cc1csc(NC(=O)COc2cc(C)c(Br)cc2C)n1. The number of benzene rings is 1. The van der Waals surface area contributed by atoms with Crippen LogP contribution in [-0.4, -0.2) is 30.1 Å². The van der Waals surface area contributed by atoms with E-state index in [1.54, 1.807) is 12.3 Å². The third-order valence-electron chi connectivity index (χ3n) is 3.24. The Kier molecular flexibility index (Phi) is 6.95. The Morgan fingerprint density at radius 1 is 1.28 bits per heavy atom. The summed E-state index contributed by atoms with van der Waals surface area (Å²) in [7, 11) is 0. The van der Waals surface area contributed by atoms with Crippen molar-refractivity contribution < 1.29 is 19.1 Å². The summed E-state index contributed by atoms with van der Waals surface area (Å²) in [6, 6.07) is 3.83. The fourth-order valence-electron chi connectivity index (χ4n) is 2.01. The number of halogens is 1. The molecule has 0 unspecified atom stereocenters. The molecule has 2 rings (SSSR count). The molecule has 1 aromatic carbocycles. The number of aryl methyl sites for hydroxylation is 2. The van der Waals surface area contributed by atoms with Crippen LogP contribution in [0, 0.1) is 13.8 Å². The Morgan fingerprint density at radius 3 is 2.76 bits per heavy atom. The molecular weight excluding hydrogens is 408 g/mol. The van der Waals surface area contributed by atoms with Crippen LogP contribution in [0.5, 0.6) is 5.75 Å². The molecule has 134 valence electrons. The second-order valence-electron chi connectivity index (χ2n) is 5.33. The third-order valence-corrected chi connectivity index (χ3v) is 4.90. The average molecular weight is 427 g/mol. The number of anilines is 1. The fraction of sp³-hybridized carbons (Fsp3) is 0.353. The van der Waals surface area contributed by atoms with Crippen LogP contribution in [0.15, 0.2) is 22.0 Å². The van der Waals surface area contributed by atoms with Crippen molar-refractivity contribution in [1.82, 2.24) is 4.98 Å². The molecule has 1 heterocycles. The van der Waals surface area contributed by atoms with E-state index < -0.39 is 0 Å². The number of hydrogen-bond donors (Lipinski definition) is 1. The first kappa shape index (κ1) is 19.4. The summed E-state index contributed by atoms with van der Waals surface area (Å²) in [4.78, 5) is 27.6. The summed E-state index contributed by atoms with van der Waals surface area (Å²) in [5.74, 6) is 0.0186. The number of nitrogens with one attached hydrogen (secondary N) is 1. The van der Waals surface area contributed by atoms with Gasteiger partial charge in [-0.3, -0.25) is 14.9 Å². The van der Waals surface area contributed by atoms with Gasteiger partial charge in [-0.25, -0.2) is 4.98 Å². The lowest BCUT2D eigenvalue weighted by molar-refractivity contribution is -0.142. The van der Waals surface area contributed by atoms with Crippen LogP contribution in [0.4, 0.5) is 5.13 Å². The number of esters is 1. The van der Waals surface area contributed by atoms with E-state index in [9.17, 15) is 9.59 Å². The van der Waals surface area contributed by atoms with Crippen molar-refractivity contribution in [2.24, 2.45) is 0 Å². The lowest BCUT2D eigenvalue weighted by Gasteiger charge is -2.10. The molecule has 1 aromatic heterocycles. The summed E-state index contributed by atoms with van der Waals surface area (Å²) in [5, 5.41) is 4.81. The third kappa shape index (κ3) is 5.82. The van der Waals surface area contributed by atoms with Gasteiger partial charge in [0.1, 0.15) is 5.75 Å². The maximum absolute atomic E-state index is 12.0. The molecular formula is C17H19BrN2O4S. The molecule has 6 nitrogen and oxygen atoms in total. The molecule has 0 aliphatic rings. The van der Waals surface area contributed by atoms with Crippen LogP contribution in [0.25, 0.3) is 0 Å². The van der Waals surface area contributed by atoms with Gasteiger partial charge in [0, 0.05) is 9.85 Å². The monoisotopic (exact) mass is 426 g/mol. The molecule has 0 saturated heterocycles. The van der Waals surface area contributed by atoms with Crippen molar-refractivity contribution >= 4 is 44.3 Å². The molecule has 25 heavy (non-hydrogen) atoms. The van der Waals surface area contributed by atoms with E-state index in [1.165, 1.54) is 11.3 Å². The van der Waals surface area contributed by atoms with Gasteiger partial charge in [-0.2, -0.15) is 0 Å². The summed E-state index contributed by atoms with van der Waals surface area (Å²) < 4.78 is 11.4. The minimum absolute atomic E-state index is 0.0913. The molecule has 1 amide bonds. The predicted molar refractivity (Wildman–Crippen MR) is 100 cm³/mol. The van der Waals surface area contributed by atoms with Crippen LogP contribution in [-0.2, 0) is 20.7 Å². The zero-order valence-electron chi connectivity index (χ0n) is 14.2. The molecule has 0 atom stereocenters. The van der Waals surface area contributed by atoms with E-state index in [0.29, 0.717) is 23.2 Å². The lowest BCUT2D eigenvalue weighted by atomic mass is 10.1. The summed E-state index contributed by atoms with van der Waals surface area (Å²) in [6.45, 7) is 5.84. The first-order chi connectivity index (χ1) is 11.9. The van der Waals surface area contributed by atoms with Gasteiger partial charge in [0.15, 0.2) is 11.7 Å². The van der Waals surface area contributed by atoms with E-state index >= 15 is 0 Å². The van der Waals surface area contributed by atoms with E-state index in [-0.39, 0.29) is 24.9 Å². The summed E-state index contributed by atoms with van der Waals surface area (Å²) in [5.41, 5.74) is 2.54. The van der Waals surface area contributed by atoms with Crippen LogP contribution in [0.2, 0.25) is 0 Å². The van der Waals surface area contributed by atoms with E-state index in [4.69, 9.17) is 9.47 Å². The molecule has 0 radical (unpaired) electrons. The number of ether oxygens (including phenoxy) is 2. The number of thiazole rings is 1. The molecule has 0 aliphatic heterocycles. The van der Waals surface area contributed by atoms with Crippen molar-refractivity contribution in [2.75, 3.05) is 18.5 Å². The van der Waals surface area contributed by atoms with Gasteiger partial charge < -0.3 is 9.47 Å². The number of carbonyl (C=O) groups is 2. The molecule has 0 spiro atoms. The zero-order chi connectivity index (χ0) is 18.4. The van der Waals surface area contributed by atoms with Crippen molar-refractivity contribution in [1.29, 1.82) is 0 Å². The lowest BCUT2D eigenvalue weighted by Crippen LogP contribution is -2.20. The van der Waals surface area contributed by atoms with Crippen LogP contribution < -0.4 is 10.1 Å². The maximum Gasteiger partial charge on any atom is 0.311 e. The predicted octanol–water partition coefficient (Wildman–Crippen LogP) is 3.65. The Hall–Kier alpha value is -1.93. The topological polar surface area (TPSA) is 77.5 Å². The van der Waals surface area contributed by atoms with Crippen LogP contribution >= 0.6 is 27.3 Å².